The summed E-state index contributed by atoms with van der Waals surface area (Å²) < 4.78 is 47.3. The Morgan fingerprint density at radius 1 is 0.882 bits per heavy atom. The summed E-state index contributed by atoms with van der Waals surface area (Å²) >= 11 is 0. The SMILES string of the molecule is Cc1cc(P(=O)(O)O)cc(C)c1Oc1ccc(-c2ccc(C3CCC(C)CC3)c(F)c2)c(F)c1. The molecule has 1 saturated carbocycles. The van der Waals surface area contributed by atoms with E-state index in [1.54, 1.807) is 38.1 Å². The summed E-state index contributed by atoms with van der Waals surface area (Å²) in [6, 6.07) is 12.1. The van der Waals surface area contributed by atoms with Crippen LogP contribution in [0.1, 0.15) is 55.2 Å². The van der Waals surface area contributed by atoms with Gasteiger partial charge in [-0.25, -0.2) is 8.78 Å². The van der Waals surface area contributed by atoms with Crippen LogP contribution in [0.15, 0.2) is 48.5 Å². The predicted molar refractivity (Wildman–Crippen MR) is 130 cm³/mol. The molecule has 0 aromatic heterocycles. The third-order valence-electron chi connectivity index (χ3n) is 6.71. The number of hydrogen-bond acceptors (Lipinski definition) is 2. The fraction of sp³-hybridized carbons (Fsp3) is 0.333. The Morgan fingerprint density at radius 2 is 1.53 bits per heavy atom. The minimum Gasteiger partial charge on any atom is -0.457 e. The third kappa shape index (κ3) is 5.25. The van der Waals surface area contributed by atoms with E-state index >= 15 is 0 Å². The van der Waals surface area contributed by atoms with Gasteiger partial charge in [0, 0.05) is 11.6 Å². The average Bonchev–Trinajstić information content (AvgIpc) is 2.76. The first kappa shape index (κ1) is 24.6. The van der Waals surface area contributed by atoms with Crippen LogP contribution in [0.25, 0.3) is 11.1 Å². The molecule has 3 aromatic carbocycles. The van der Waals surface area contributed by atoms with Crippen LogP contribution < -0.4 is 10.0 Å². The van der Waals surface area contributed by atoms with Gasteiger partial charge >= 0.3 is 7.60 Å². The molecular weight excluding hydrogens is 457 g/mol. The Bertz CT molecular complexity index is 1240. The molecule has 34 heavy (non-hydrogen) atoms. The van der Waals surface area contributed by atoms with Gasteiger partial charge < -0.3 is 14.5 Å². The second kappa shape index (κ2) is 9.61. The largest absolute Gasteiger partial charge is 0.457 e. The quantitative estimate of drug-likeness (QED) is 0.376. The topological polar surface area (TPSA) is 66.8 Å². The zero-order valence-corrected chi connectivity index (χ0v) is 20.4. The number of ether oxygens (including phenoxy) is 1. The normalized spacial score (nSPS) is 18.7. The van der Waals surface area contributed by atoms with E-state index in [9.17, 15) is 23.1 Å². The Morgan fingerprint density at radius 3 is 2.09 bits per heavy atom. The van der Waals surface area contributed by atoms with Gasteiger partial charge in [-0.3, -0.25) is 4.57 Å². The summed E-state index contributed by atoms with van der Waals surface area (Å²) in [5.41, 5.74) is 2.50. The summed E-state index contributed by atoms with van der Waals surface area (Å²) in [5.74, 6) is 0.706. The zero-order chi connectivity index (χ0) is 24.6. The van der Waals surface area contributed by atoms with Crippen LogP contribution in [0.5, 0.6) is 11.5 Å². The molecule has 1 aliphatic rings. The van der Waals surface area contributed by atoms with Crippen molar-refractivity contribution in [2.45, 2.75) is 52.4 Å². The lowest BCUT2D eigenvalue weighted by atomic mass is 9.79. The molecule has 3 aromatic rings. The molecule has 0 bridgehead atoms. The maximum atomic E-state index is 15.0. The van der Waals surface area contributed by atoms with Gasteiger partial charge in [-0.05, 0) is 91.1 Å². The summed E-state index contributed by atoms with van der Waals surface area (Å²) in [5, 5.41) is -0.0930. The molecule has 0 unspecified atom stereocenters. The zero-order valence-electron chi connectivity index (χ0n) is 19.5. The van der Waals surface area contributed by atoms with E-state index in [0.29, 0.717) is 33.9 Å². The lowest BCUT2D eigenvalue weighted by Gasteiger charge is -2.26. The van der Waals surface area contributed by atoms with E-state index < -0.39 is 13.4 Å². The average molecular weight is 486 g/mol. The summed E-state index contributed by atoms with van der Waals surface area (Å²) in [4.78, 5) is 18.8. The summed E-state index contributed by atoms with van der Waals surface area (Å²) in [7, 11) is -4.39. The minimum absolute atomic E-state index is 0.0930. The smallest absolute Gasteiger partial charge is 0.356 e. The molecule has 180 valence electrons. The molecule has 2 N–H and O–H groups in total. The molecule has 4 rings (SSSR count). The Balaban J connectivity index is 1.56. The van der Waals surface area contributed by atoms with Gasteiger partial charge in [-0.1, -0.05) is 31.9 Å². The van der Waals surface area contributed by atoms with Gasteiger partial charge in [-0.15, -0.1) is 0 Å². The molecule has 0 saturated heterocycles. The van der Waals surface area contributed by atoms with Crippen molar-refractivity contribution in [2.24, 2.45) is 5.92 Å². The summed E-state index contributed by atoms with van der Waals surface area (Å²) in [6.07, 6.45) is 4.16. The Kier molecular flexibility index (Phi) is 6.95. The number of halogens is 2. The lowest BCUT2D eigenvalue weighted by molar-refractivity contribution is 0.342. The van der Waals surface area contributed by atoms with Crippen LogP contribution in [0, 0.1) is 31.4 Å². The monoisotopic (exact) mass is 486 g/mol. The number of aryl methyl sites for hydroxylation is 2. The first-order valence-corrected chi connectivity index (χ1v) is 13.1. The van der Waals surface area contributed by atoms with Gasteiger partial charge in [0.1, 0.15) is 23.1 Å². The lowest BCUT2D eigenvalue weighted by Crippen LogP contribution is -2.12. The van der Waals surface area contributed by atoms with Crippen LogP contribution in [-0.2, 0) is 4.57 Å². The first-order valence-electron chi connectivity index (χ1n) is 11.5. The van der Waals surface area contributed by atoms with E-state index in [4.69, 9.17) is 4.74 Å². The van der Waals surface area contributed by atoms with Crippen molar-refractivity contribution in [1.29, 1.82) is 0 Å². The molecule has 7 heteroatoms. The van der Waals surface area contributed by atoms with Gasteiger partial charge in [0.25, 0.3) is 0 Å². The van der Waals surface area contributed by atoms with Crippen molar-refractivity contribution < 1.29 is 27.9 Å². The number of rotatable bonds is 5. The first-order chi connectivity index (χ1) is 16.0. The molecule has 0 radical (unpaired) electrons. The van der Waals surface area contributed by atoms with Crippen molar-refractivity contribution in [2.75, 3.05) is 0 Å². The molecule has 0 heterocycles. The van der Waals surface area contributed by atoms with Crippen LogP contribution in [0.3, 0.4) is 0 Å². The highest BCUT2D eigenvalue weighted by Gasteiger charge is 2.23. The standard InChI is InChI=1S/C27H29F2O4P/c1-16-4-6-19(7-5-16)23-10-8-20(14-25(23)28)24-11-9-21(15-26(24)29)33-27-17(2)12-22(13-18(27)3)34(30,31)32/h8-16,19H,4-7H2,1-3H3,(H2,30,31,32). The van der Waals surface area contributed by atoms with E-state index in [1.807, 2.05) is 0 Å². The van der Waals surface area contributed by atoms with Crippen LogP contribution in [0.2, 0.25) is 0 Å². The van der Waals surface area contributed by atoms with E-state index in [-0.39, 0.29) is 28.4 Å². The molecular formula is C27H29F2O4P. The van der Waals surface area contributed by atoms with Crippen molar-refractivity contribution >= 4 is 12.9 Å². The van der Waals surface area contributed by atoms with Crippen molar-refractivity contribution in [3.8, 4) is 22.6 Å². The fourth-order valence-electron chi connectivity index (χ4n) is 4.76. The molecule has 0 spiro atoms. The predicted octanol–water partition coefficient (Wildman–Crippen LogP) is 7.14. The van der Waals surface area contributed by atoms with E-state index in [1.165, 1.54) is 24.3 Å². The van der Waals surface area contributed by atoms with Gasteiger partial charge in [0.05, 0.1) is 5.30 Å². The van der Waals surface area contributed by atoms with Gasteiger partial charge in [-0.2, -0.15) is 0 Å². The number of hydrogen-bond donors (Lipinski definition) is 2. The van der Waals surface area contributed by atoms with Gasteiger partial charge in [0.2, 0.25) is 0 Å². The number of benzene rings is 3. The third-order valence-corrected chi connectivity index (χ3v) is 7.64. The van der Waals surface area contributed by atoms with Crippen LogP contribution in [0.4, 0.5) is 8.78 Å². The highest BCUT2D eigenvalue weighted by atomic mass is 31.2. The Hall–Kier alpha value is -2.53. The highest BCUT2D eigenvalue weighted by Crippen LogP contribution is 2.39. The molecule has 1 fully saturated rings. The van der Waals surface area contributed by atoms with Crippen LogP contribution >= 0.6 is 7.60 Å². The molecule has 0 amide bonds. The summed E-state index contributed by atoms with van der Waals surface area (Å²) in [6.45, 7) is 5.57. The molecule has 0 aliphatic heterocycles. The van der Waals surface area contributed by atoms with E-state index in [0.717, 1.165) is 25.7 Å². The van der Waals surface area contributed by atoms with Gasteiger partial charge in [0.15, 0.2) is 0 Å². The maximum absolute atomic E-state index is 15.0. The van der Waals surface area contributed by atoms with Crippen LogP contribution in [-0.4, -0.2) is 9.79 Å². The minimum atomic E-state index is -4.39. The van der Waals surface area contributed by atoms with Crippen molar-refractivity contribution in [3.63, 3.8) is 0 Å². The van der Waals surface area contributed by atoms with Crippen molar-refractivity contribution in [3.05, 3.63) is 76.9 Å². The van der Waals surface area contributed by atoms with E-state index in [2.05, 4.69) is 6.92 Å². The van der Waals surface area contributed by atoms with Crippen molar-refractivity contribution in [1.82, 2.24) is 0 Å². The second-order valence-corrected chi connectivity index (χ2v) is 11.0. The highest BCUT2D eigenvalue weighted by molar-refractivity contribution is 7.60. The molecule has 0 atom stereocenters. The molecule has 4 nitrogen and oxygen atoms in total. The maximum Gasteiger partial charge on any atom is 0.356 e. The fourth-order valence-corrected chi connectivity index (χ4v) is 5.49. The Labute approximate surface area is 198 Å². The second-order valence-electron chi connectivity index (χ2n) is 9.39. The molecule has 1 aliphatic carbocycles.